The number of aromatic nitrogens is 1. The molecule has 0 aliphatic heterocycles. The second kappa shape index (κ2) is 13.2. The van der Waals surface area contributed by atoms with Gasteiger partial charge in [-0.15, -0.1) is 0 Å². The minimum Gasteiger partial charge on any atom is -0.494 e. The van der Waals surface area contributed by atoms with E-state index >= 15 is 0 Å². The van der Waals surface area contributed by atoms with Crippen LogP contribution in [0.15, 0.2) is 23.3 Å². The average Bonchev–Trinajstić information content (AvgIpc) is 3.11. The van der Waals surface area contributed by atoms with Crippen LogP contribution in [-0.2, 0) is 4.74 Å². The first-order valence-corrected chi connectivity index (χ1v) is 11.5. The van der Waals surface area contributed by atoms with Crippen LogP contribution < -0.4 is 10.2 Å². The van der Waals surface area contributed by atoms with Gasteiger partial charge in [0.25, 0.3) is 0 Å². The number of aryl methyl sites for hydroxylation is 1. The molecular formula is C22H30ClN3O3S. The van der Waals surface area contributed by atoms with Gasteiger partial charge in [0, 0.05) is 5.56 Å². The Hall–Kier alpha value is -2.12. The van der Waals surface area contributed by atoms with Crippen molar-refractivity contribution in [1.82, 2.24) is 4.98 Å². The molecule has 0 amide bonds. The third-order valence-electron chi connectivity index (χ3n) is 4.52. The van der Waals surface area contributed by atoms with Crippen LogP contribution in [0.3, 0.4) is 0 Å². The van der Waals surface area contributed by atoms with Gasteiger partial charge in [0.2, 0.25) is 5.13 Å². The van der Waals surface area contributed by atoms with Gasteiger partial charge in [0.1, 0.15) is 10.6 Å². The quantitative estimate of drug-likeness (QED) is 0.163. The molecule has 0 saturated carbocycles. The number of benzene rings is 1. The number of carbonyl (C=O) groups excluding carboxylic acids is 1. The first-order valence-electron chi connectivity index (χ1n) is 10.3. The van der Waals surface area contributed by atoms with Crippen molar-refractivity contribution in [3.8, 4) is 5.75 Å². The fourth-order valence-electron chi connectivity index (χ4n) is 2.83. The molecule has 30 heavy (non-hydrogen) atoms. The van der Waals surface area contributed by atoms with Gasteiger partial charge in [-0.1, -0.05) is 68.4 Å². The highest BCUT2D eigenvalue weighted by Crippen LogP contribution is 2.24. The molecule has 164 valence electrons. The van der Waals surface area contributed by atoms with E-state index in [4.69, 9.17) is 21.1 Å². The molecule has 0 saturated heterocycles. The Morgan fingerprint density at radius 2 is 1.97 bits per heavy atom. The van der Waals surface area contributed by atoms with Crippen LogP contribution in [-0.4, -0.2) is 30.9 Å². The predicted molar refractivity (Wildman–Crippen MR) is 124 cm³/mol. The van der Waals surface area contributed by atoms with Crippen LogP contribution >= 0.6 is 22.9 Å². The zero-order valence-electron chi connectivity index (χ0n) is 17.9. The Morgan fingerprint density at radius 3 is 2.67 bits per heavy atom. The number of rotatable bonds is 13. The van der Waals surface area contributed by atoms with Crippen molar-refractivity contribution in [3.05, 3.63) is 39.4 Å². The van der Waals surface area contributed by atoms with Crippen LogP contribution in [0.25, 0.3) is 0 Å². The number of anilines is 1. The number of unbranched alkanes of at least 4 members (excludes halogenated alkanes) is 6. The molecule has 0 fully saturated rings. The number of halogens is 1. The van der Waals surface area contributed by atoms with Crippen LogP contribution in [0.2, 0.25) is 5.02 Å². The number of hydrogen-bond donors (Lipinski definition) is 1. The van der Waals surface area contributed by atoms with Gasteiger partial charge in [-0.2, -0.15) is 5.10 Å². The Balaban J connectivity index is 1.78. The molecule has 6 nitrogen and oxygen atoms in total. The predicted octanol–water partition coefficient (Wildman–Crippen LogP) is 6.47. The van der Waals surface area contributed by atoms with E-state index < -0.39 is 5.97 Å². The van der Waals surface area contributed by atoms with E-state index in [1.54, 1.807) is 19.2 Å². The van der Waals surface area contributed by atoms with Crippen molar-refractivity contribution in [2.24, 2.45) is 5.10 Å². The Morgan fingerprint density at radius 1 is 1.23 bits per heavy atom. The summed E-state index contributed by atoms with van der Waals surface area (Å²) >= 11 is 7.53. The molecule has 8 heteroatoms. The number of esters is 1. The summed E-state index contributed by atoms with van der Waals surface area (Å²) in [5.74, 6) is 0.353. The second-order valence-electron chi connectivity index (χ2n) is 6.95. The summed E-state index contributed by atoms with van der Waals surface area (Å²) in [6.45, 7) is 4.68. The molecule has 2 aromatic rings. The Kier molecular flexibility index (Phi) is 10.7. The van der Waals surface area contributed by atoms with Crippen molar-refractivity contribution in [2.45, 2.75) is 58.8 Å². The molecule has 0 aliphatic rings. The molecule has 1 heterocycles. The zero-order chi connectivity index (χ0) is 21.8. The summed E-state index contributed by atoms with van der Waals surface area (Å²) in [6, 6.07) is 5.55. The zero-order valence-corrected chi connectivity index (χ0v) is 19.4. The molecular weight excluding hydrogens is 422 g/mol. The summed E-state index contributed by atoms with van der Waals surface area (Å²) in [4.78, 5) is 16.3. The molecule has 1 aromatic heterocycles. The third kappa shape index (κ3) is 7.95. The highest BCUT2D eigenvalue weighted by Gasteiger charge is 2.15. The summed E-state index contributed by atoms with van der Waals surface area (Å²) in [7, 11) is 1.34. The van der Waals surface area contributed by atoms with E-state index in [1.165, 1.54) is 57.0 Å². The number of ether oxygens (including phenoxy) is 2. The summed E-state index contributed by atoms with van der Waals surface area (Å²) in [5, 5.41) is 5.22. The van der Waals surface area contributed by atoms with E-state index in [1.807, 2.05) is 12.1 Å². The maximum absolute atomic E-state index is 11.6. The van der Waals surface area contributed by atoms with E-state index in [0.29, 0.717) is 27.3 Å². The summed E-state index contributed by atoms with van der Waals surface area (Å²) < 4.78 is 10.5. The van der Waals surface area contributed by atoms with Crippen molar-refractivity contribution < 1.29 is 14.3 Å². The van der Waals surface area contributed by atoms with Crippen LogP contribution in [0.5, 0.6) is 5.75 Å². The molecule has 0 unspecified atom stereocenters. The number of nitrogens with one attached hydrogen (secondary N) is 1. The molecule has 0 bridgehead atoms. The molecule has 0 atom stereocenters. The van der Waals surface area contributed by atoms with Crippen molar-refractivity contribution >= 4 is 40.3 Å². The monoisotopic (exact) mass is 451 g/mol. The van der Waals surface area contributed by atoms with Crippen LogP contribution in [0.1, 0.15) is 72.8 Å². The number of hydrazone groups is 1. The molecule has 1 N–H and O–H groups in total. The normalized spacial score (nSPS) is 11.1. The maximum Gasteiger partial charge on any atom is 0.350 e. The fourth-order valence-corrected chi connectivity index (χ4v) is 3.89. The number of carbonyl (C=O) groups is 1. The topological polar surface area (TPSA) is 72.8 Å². The third-order valence-corrected chi connectivity index (χ3v) is 5.89. The van der Waals surface area contributed by atoms with E-state index in [2.05, 4.69) is 22.4 Å². The molecule has 2 rings (SSSR count). The lowest BCUT2D eigenvalue weighted by Gasteiger charge is -2.07. The highest BCUT2D eigenvalue weighted by atomic mass is 35.5. The van der Waals surface area contributed by atoms with Crippen molar-refractivity contribution in [3.63, 3.8) is 0 Å². The van der Waals surface area contributed by atoms with Gasteiger partial charge in [0.15, 0.2) is 0 Å². The summed E-state index contributed by atoms with van der Waals surface area (Å²) in [6.07, 6.45) is 10.4. The largest absolute Gasteiger partial charge is 0.494 e. The number of methoxy groups -OCH3 is 1. The summed E-state index contributed by atoms with van der Waals surface area (Å²) in [5.41, 5.74) is 4.18. The van der Waals surface area contributed by atoms with Crippen LogP contribution in [0, 0.1) is 6.92 Å². The lowest BCUT2D eigenvalue weighted by Crippen LogP contribution is -1.99. The molecule has 0 spiro atoms. The SMILES string of the molecule is CCCCCCCCCOc1ccc(/C=N\Nc2nc(C)c(C(=O)OC)s2)c(Cl)c1. The average molecular weight is 452 g/mol. The smallest absolute Gasteiger partial charge is 0.350 e. The van der Waals surface area contributed by atoms with Gasteiger partial charge >= 0.3 is 5.97 Å². The Labute approximate surface area is 187 Å². The van der Waals surface area contributed by atoms with E-state index in [-0.39, 0.29) is 0 Å². The first-order chi connectivity index (χ1) is 14.5. The maximum atomic E-state index is 11.6. The van der Waals surface area contributed by atoms with E-state index in [0.717, 1.165) is 17.7 Å². The van der Waals surface area contributed by atoms with Gasteiger partial charge in [-0.3, -0.25) is 5.43 Å². The highest BCUT2D eigenvalue weighted by molar-refractivity contribution is 7.17. The number of nitrogens with zero attached hydrogens (tertiary/aromatic N) is 2. The Bertz CT molecular complexity index is 839. The number of hydrogen-bond acceptors (Lipinski definition) is 7. The van der Waals surface area contributed by atoms with Crippen LogP contribution in [0.4, 0.5) is 5.13 Å². The molecule has 0 radical (unpaired) electrons. The lowest BCUT2D eigenvalue weighted by molar-refractivity contribution is 0.0605. The van der Waals surface area contributed by atoms with E-state index in [9.17, 15) is 4.79 Å². The minimum atomic E-state index is -0.405. The standard InChI is InChI=1S/C22H30ClN3O3S/c1-4-5-6-7-8-9-10-13-29-18-12-11-17(19(23)14-18)15-24-26-22-25-16(2)20(30-22)21(27)28-3/h11-12,14-15H,4-10,13H2,1-3H3,(H,25,26)/b24-15-. The van der Waals surface area contributed by atoms with Crippen molar-refractivity contribution in [2.75, 3.05) is 19.1 Å². The van der Waals surface area contributed by atoms with Gasteiger partial charge < -0.3 is 9.47 Å². The molecule has 1 aromatic carbocycles. The first kappa shape index (κ1) is 24.2. The fraction of sp³-hybridized carbons (Fsp3) is 0.500. The van der Waals surface area contributed by atoms with Gasteiger partial charge in [-0.05, 0) is 31.5 Å². The second-order valence-corrected chi connectivity index (χ2v) is 8.35. The van der Waals surface area contributed by atoms with Gasteiger partial charge in [0.05, 0.1) is 30.6 Å². The number of thiazole rings is 1. The van der Waals surface area contributed by atoms with Gasteiger partial charge in [-0.25, -0.2) is 9.78 Å². The minimum absolute atomic E-state index is 0.405. The lowest BCUT2D eigenvalue weighted by atomic mass is 10.1. The molecule has 0 aliphatic carbocycles. The van der Waals surface area contributed by atoms with Crippen molar-refractivity contribution in [1.29, 1.82) is 0 Å².